The summed E-state index contributed by atoms with van der Waals surface area (Å²) in [6.07, 6.45) is 1.28. The molecule has 4 nitrogen and oxygen atoms in total. The van der Waals surface area contributed by atoms with Crippen LogP contribution in [0, 0.1) is 5.92 Å². The first-order valence-electron chi connectivity index (χ1n) is 4.45. The fourth-order valence-corrected chi connectivity index (χ4v) is 3.62. The molecule has 0 radical (unpaired) electrons. The quantitative estimate of drug-likeness (QED) is 0.655. The average molecular weight is 207 g/mol. The monoisotopic (exact) mass is 207 g/mol. The van der Waals surface area contributed by atoms with E-state index in [9.17, 15) is 8.42 Å². The topological polar surface area (TPSA) is 80.4 Å². The van der Waals surface area contributed by atoms with Gasteiger partial charge < -0.3 is 10.8 Å². The fourth-order valence-electron chi connectivity index (χ4n) is 1.76. The molecule has 1 heterocycles. The van der Waals surface area contributed by atoms with E-state index in [1.165, 1.54) is 0 Å². The summed E-state index contributed by atoms with van der Waals surface area (Å²) < 4.78 is 22.2. The summed E-state index contributed by atoms with van der Waals surface area (Å²) in [5, 5.41) is 8.91. The first-order chi connectivity index (χ1) is 5.85. The maximum Gasteiger partial charge on any atom is 0.150 e. The van der Waals surface area contributed by atoms with E-state index in [-0.39, 0.29) is 24.0 Å². The fraction of sp³-hybridized carbons (Fsp3) is 1.00. The Hall–Kier alpha value is -0.130. The molecule has 1 rings (SSSR count). The van der Waals surface area contributed by atoms with E-state index in [0.717, 1.165) is 0 Å². The third-order valence-electron chi connectivity index (χ3n) is 2.44. The van der Waals surface area contributed by atoms with Crippen LogP contribution in [0.5, 0.6) is 0 Å². The molecule has 0 spiro atoms. The third kappa shape index (κ3) is 3.25. The molecule has 2 unspecified atom stereocenters. The Morgan fingerprint density at radius 2 is 2.23 bits per heavy atom. The third-order valence-corrected chi connectivity index (χ3v) is 4.28. The van der Waals surface area contributed by atoms with Crippen LogP contribution in [0.15, 0.2) is 0 Å². The van der Waals surface area contributed by atoms with Gasteiger partial charge in [0.1, 0.15) is 0 Å². The standard InChI is InChI=1S/C8H17NO3S/c1-8(9,6-10)4-7-2-3-13(11,12)5-7/h7,10H,2-6,9H2,1H3. The van der Waals surface area contributed by atoms with Gasteiger partial charge in [-0.25, -0.2) is 8.42 Å². The van der Waals surface area contributed by atoms with Gasteiger partial charge in [-0.05, 0) is 25.7 Å². The highest BCUT2D eigenvalue weighted by atomic mass is 32.2. The summed E-state index contributed by atoms with van der Waals surface area (Å²) in [5.74, 6) is 0.644. The van der Waals surface area contributed by atoms with E-state index in [1.54, 1.807) is 6.92 Å². The van der Waals surface area contributed by atoms with Crippen LogP contribution in [0.3, 0.4) is 0 Å². The van der Waals surface area contributed by atoms with Crippen molar-refractivity contribution in [2.24, 2.45) is 11.7 Å². The smallest absolute Gasteiger partial charge is 0.150 e. The molecule has 13 heavy (non-hydrogen) atoms. The molecule has 1 fully saturated rings. The lowest BCUT2D eigenvalue weighted by Crippen LogP contribution is -2.42. The normalized spacial score (nSPS) is 31.5. The summed E-state index contributed by atoms with van der Waals surface area (Å²) in [7, 11) is -2.81. The molecule has 1 aliphatic heterocycles. The van der Waals surface area contributed by atoms with E-state index >= 15 is 0 Å². The molecule has 3 N–H and O–H groups in total. The summed E-state index contributed by atoms with van der Waals surface area (Å²) in [6.45, 7) is 1.65. The van der Waals surface area contributed by atoms with Gasteiger partial charge in [-0.1, -0.05) is 0 Å². The first kappa shape index (κ1) is 10.9. The number of hydrogen-bond donors (Lipinski definition) is 2. The van der Waals surface area contributed by atoms with E-state index in [2.05, 4.69) is 0 Å². The Kier molecular flexibility index (Phi) is 2.99. The molecule has 1 aliphatic rings. The number of hydrogen-bond acceptors (Lipinski definition) is 4. The minimum absolute atomic E-state index is 0.0937. The molecule has 0 bridgehead atoms. The van der Waals surface area contributed by atoms with E-state index in [4.69, 9.17) is 10.8 Å². The van der Waals surface area contributed by atoms with E-state index < -0.39 is 15.4 Å². The molecule has 78 valence electrons. The SMILES string of the molecule is CC(N)(CO)CC1CCS(=O)(=O)C1. The molecule has 0 aromatic rings. The minimum atomic E-state index is -2.81. The van der Waals surface area contributed by atoms with Gasteiger partial charge in [0.2, 0.25) is 0 Å². The lowest BCUT2D eigenvalue weighted by Gasteiger charge is -2.24. The van der Waals surface area contributed by atoms with Gasteiger partial charge in [0.25, 0.3) is 0 Å². The Morgan fingerprint density at radius 1 is 1.62 bits per heavy atom. The highest BCUT2D eigenvalue weighted by Crippen LogP contribution is 2.25. The molecule has 5 heteroatoms. The van der Waals surface area contributed by atoms with Crippen molar-refractivity contribution in [2.75, 3.05) is 18.1 Å². The Morgan fingerprint density at radius 3 is 2.62 bits per heavy atom. The van der Waals surface area contributed by atoms with Crippen LogP contribution < -0.4 is 5.73 Å². The number of sulfone groups is 1. The molecule has 0 amide bonds. The molecule has 1 saturated heterocycles. The maximum absolute atomic E-state index is 11.1. The number of rotatable bonds is 3. The largest absolute Gasteiger partial charge is 0.394 e. The van der Waals surface area contributed by atoms with Gasteiger partial charge in [-0.3, -0.25) is 0 Å². The van der Waals surface area contributed by atoms with Crippen molar-refractivity contribution in [3.8, 4) is 0 Å². The van der Waals surface area contributed by atoms with Gasteiger partial charge in [0, 0.05) is 5.54 Å². The highest BCUT2D eigenvalue weighted by Gasteiger charge is 2.32. The van der Waals surface area contributed by atoms with Crippen LogP contribution in [-0.4, -0.2) is 37.2 Å². The predicted molar refractivity (Wildman–Crippen MR) is 51.1 cm³/mol. The van der Waals surface area contributed by atoms with Crippen molar-refractivity contribution >= 4 is 9.84 Å². The van der Waals surface area contributed by atoms with Crippen LogP contribution in [0.25, 0.3) is 0 Å². The highest BCUT2D eigenvalue weighted by molar-refractivity contribution is 7.91. The number of aliphatic hydroxyl groups excluding tert-OH is 1. The summed E-state index contributed by atoms with van der Waals surface area (Å²) >= 11 is 0. The molecule has 0 aromatic heterocycles. The van der Waals surface area contributed by atoms with Crippen molar-refractivity contribution in [1.29, 1.82) is 0 Å². The Balaban J connectivity index is 2.50. The van der Waals surface area contributed by atoms with Crippen LogP contribution in [0.2, 0.25) is 0 Å². The van der Waals surface area contributed by atoms with Gasteiger partial charge in [-0.15, -0.1) is 0 Å². The van der Waals surface area contributed by atoms with Gasteiger partial charge in [-0.2, -0.15) is 0 Å². The zero-order chi connectivity index (χ0) is 10.1. The lowest BCUT2D eigenvalue weighted by molar-refractivity contribution is 0.185. The van der Waals surface area contributed by atoms with Gasteiger partial charge in [0.15, 0.2) is 9.84 Å². The van der Waals surface area contributed by atoms with Gasteiger partial charge in [0.05, 0.1) is 18.1 Å². The van der Waals surface area contributed by atoms with Crippen LogP contribution in [0.1, 0.15) is 19.8 Å². The molecule has 0 saturated carbocycles. The molecular weight excluding hydrogens is 190 g/mol. The van der Waals surface area contributed by atoms with Crippen molar-refractivity contribution in [3.63, 3.8) is 0 Å². The van der Waals surface area contributed by atoms with E-state index in [1.807, 2.05) is 0 Å². The maximum atomic E-state index is 11.1. The van der Waals surface area contributed by atoms with Gasteiger partial charge >= 0.3 is 0 Å². The average Bonchev–Trinajstić information content (AvgIpc) is 2.29. The van der Waals surface area contributed by atoms with Crippen LogP contribution in [-0.2, 0) is 9.84 Å². The van der Waals surface area contributed by atoms with Crippen molar-refractivity contribution in [2.45, 2.75) is 25.3 Å². The zero-order valence-corrected chi connectivity index (χ0v) is 8.68. The van der Waals surface area contributed by atoms with Crippen LogP contribution >= 0.6 is 0 Å². The Labute approximate surface area is 79.0 Å². The second-order valence-electron chi connectivity index (χ2n) is 4.29. The molecular formula is C8H17NO3S. The lowest BCUT2D eigenvalue weighted by atomic mass is 9.90. The predicted octanol–water partition coefficient (Wildman–Crippen LogP) is -0.479. The minimum Gasteiger partial charge on any atom is -0.394 e. The van der Waals surface area contributed by atoms with Crippen molar-refractivity contribution in [3.05, 3.63) is 0 Å². The molecule has 2 atom stereocenters. The first-order valence-corrected chi connectivity index (χ1v) is 6.27. The Bertz CT molecular complexity index is 271. The number of aliphatic hydroxyl groups is 1. The van der Waals surface area contributed by atoms with Crippen LogP contribution in [0.4, 0.5) is 0 Å². The second kappa shape index (κ2) is 3.55. The van der Waals surface area contributed by atoms with Crippen molar-refractivity contribution in [1.82, 2.24) is 0 Å². The molecule has 0 aliphatic carbocycles. The summed E-state index contributed by atoms with van der Waals surface area (Å²) in [5.41, 5.74) is 5.11. The van der Waals surface area contributed by atoms with E-state index in [0.29, 0.717) is 12.8 Å². The summed E-state index contributed by atoms with van der Waals surface area (Å²) in [6, 6.07) is 0. The number of nitrogens with two attached hydrogens (primary N) is 1. The van der Waals surface area contributed by atoms with Crippen molar-refractivity contribution < 1.29 is 13.5 Å². The zero-order valence-electron chi connectivity index (χ0n) is 7.86. The summed E-state index contributed by atoms with van der Waals surface area (Å²) in [4.78, 5) is 0. The molecule has 0 aromatic carbocycles. The second-order valence-corrected chi connectivity index (χ2v) is 6.51.